The zero-order chi connectivity index (χ0) is 8.72. The molecule has 2 saturated heterocycles. The number of fused-ring (bicyclic) bond motifs is 1. The predicted octanol–water partition coefficient (Wildman–Crippen LogP) is -1.45. The van der Waals surface area contributed by atoms with E-state index in [0.717, 1.165) is 19.4 Å². The molecule has 0 spiro atoms. The summed E-state index contributed by atoms with van der Waals surface area (Å²) in [5, 5.41) is 28.4. The van der Waals surface area contributed by atoms with Crippen molar-refractivity contribution in [1.82, 2.24) is 4.90 Å². The molecule has 0 unspecified atom stereocenters. The zero-order valence-electron chi connectivity index (χ0n) is 6.93. The van der Waals surface area contributed by atoms with Crippen molar-refractivity contribution >= 4 is 0 Å². The summed E-state index contributed by atoms with van der Waals surface area (Å²) in [6.07, 6.45) is -0.212. The van der Waals surface area contributed by atoms with Crippen molar-refractivity contribution in [2.75, 3.05) is 13.1 Å². The van der Waals surface area contributed by atoms with Crippen LogP contribution in [0.1, 0.15) is 12.8 Å². The Bertz CT molecular complexity index is 176. The molecule has 0 aromatic rings. The van der Waals surface area contributed by atoms with Crippen molar-refractivity contribution < 1.29 is 15.3 Å². The average Bonchev–Trinajstić information content (AvgIpc) is 2.29. The summed E-state index contributed by atoms with van der Waals surface area (Å²) >= 11 is 0. The fraction of sp³-hybridized carbons (Fsp3) is 1.00. The Labute approximate surface area is 71.4 Å². The van der Waals surface area contributed by atoms with E-state index in [1.54, 1.807) is 0 Å². The van der Waals surface area contributed by atoms with Crippen LogP contribution in [0.25, 0.3) is 0 Å². The molecule has 3 N–H and O–H groups in total. The summed E-state index contributed by atoms with van der Waals surface area (Å²) in [7, 11) is 0. The minimum Gasteiger partial charge on any atom is -0.391 e. The van der Waals surface area contributed by atoms with Crippen molar-refractivity contribution in [3.63, 3.8) is 0 Å². The fourth-order valence-electron chi connectivity index (χ4n) is 2.30. The molecule has 0 aliphatic carbocycles. The van der Waals surface area contributed by atoms with Crippen LogP contribution >= 0.6 is 0 Å². The molecule has 2 aliphatic heterocycles. The Kier molecular flexibility index (Phi) is 2.08. The number of piperidine rings is 1. The van der Waals surface area contributed by atoms with Crippen LogP contribution in [0, 0.1) is 0 Å². The zero-order valence-corrected chi connectivity index (χ0v) is 6.93. The van der Waals surface area contributed by atoms with Crippen molar-refractivity contribution in [3.8, 4) is 0 Å². The molecule has 2 aliphatic rings. The minimum absolute atomic E-state index is 0.228. The van der Waals surface area contributed by atoms with E-state index in [4.69, 9.17) is 0 Å². The lowest BCUT2D eigenvalue weighted by Gasteiger charge is -2.34. The Morgan fingerprint density at radius 3 is 2.50 bits per heavy atom. The topological polar surface area (TPSA) is 63.9 Å². The van der Waals surface area contributed by atoms with Gasteiger partial charge in [-0.25, -0.2) is 0 Å². The van der Waals surface area contributed by atoms with Gasteiger partial charge in [-0.05, 0) is 19.4 Å². The highest BCUT2D eigenvalue weighted by atomic mass is 16.3. The molecule has 0 aromatic heterocycles. The van der Waals surface area contributed by atoms with Crippen molar-refractivity contribution in [2.24, 2.45) is 0 Å². The van der Waals surface area contributed by atoms with Gasteiger partial charge in [0.1, 0.15) is 0 Å². The van der Waals surface area contributed by atoms with E-state index < -0.39 is 18.3 Å². The maximum Gasteiger partial charge on any atom is 0.0991 e. The van der Waals surface area contributed by atoms with Gasteiger partial charge in [-0.3, -0.25) is 4.90 Å². The SMILES string of the molecule is O[C@H]1[C@@H]2[C@H](O)CCCN2C[C@@H]1O. The van der Waals surface area contributed by atoms with E-state index in [-0.39, 0.29) is 6.04 Å². The Hall–Kier alpha value is -0.160. The first-order valence-electron chi connectivity index (χ1n) is 4.48. The molecule has 2 heterocycles. The summed E-state index contributed by atoms with van der Waals surface area (Å²) in [4.78, 5) is 1.98. The average molecular weight is 173 g/mol. The molecule has 12 heavy (non-hydrogen) atoms. The summed E-state index contributed by atoms with van der Waals surface area (Å²) in [5.74, 6) is 0. The molecule has 0 aromatic carbocycles. The second-order valence-corrected chi connectivity index (χ2v) is 3.75. The lowest BCUT2D eigenvalue weighted by Crippen LogP contribution is -2.48. The van der Waals surface area contributed by atoms with Crippen LogP contribution in [0.3, 0.4) is 0 Å². The molecule has 4 heteroatoms. The van der Waals surface area contributed by atoms with Crippen LogP contribution in [0.2, 0.25) is 0 Å². The van der Waals surface area contributed by atoms with Gasteiger partial charge < -0.3 is 15.3 Å². The van der Waals surface area contributed by atoms with Crippen LogP contribution < -0.4 is 0 Å². The maximum atomic E-state index is 9.55. The maximum absolute atomic E-state index is 9.55. The third-order valence-corrected chi connectivity index (χ3v) is 2.93. The third kappa shape index (κ3) is 1.15. The molecule has 4 atom stereocenters. The molecule has 0 bridgehead atoms. The van der Waals surface area contributed by atoms with Gasteiger partial charge in [-0.1, -0.05) is 0 Å². The summed E-state index contributed by atoms with van der Waals surface area (Å²) in [5.41, 5.74) is 0. The summed E-state index contributed by atoms with van der Waals surface area (Å²) in [6.45, 7) is 1.39. The third-order valence-electron chi connectivity index (χ3n) is 2.93. The van der Waals surface area contributed by atoms with Gasteiger partial charge in [-0.2, -0.15) is 0 Å². The quantitative estimate of drug-likeness (QED) is 0.419. The van der Waals surface area contributed by atoms with Gasteiger partial charge in [0.05, 0.1) is 24.4 Å². The minimum atomic E-state index is -0.764. The first-order chi connectivity index (χ1) is 5.70. The van der Waals surface area contributed by atoms with E-state index in [1.165, 1.54) is 0 Å². The first kappa shape index (κ1) is 8.44. The largest absolute Gasteiger partial charge is 0.391 e. The number of nitrogens with zero attached hydrogens (tertiary/aromatic N) is 1. The number of hydrogen-bond acceptors (Lipinski definition) is 4. The van der Waals surface area contributed by atoms with Crippen molar-refractivity contribution in [1.29, 1.82) is 0 Å². The van der Waals surface area contributed by atoms with Crippen LogP contribution in [0.15, 0.2) is 0 Å². The summed E-state index contributed by atoms with van der Waals surface area (Å²) < 4.78 is 0. The van der Waals surface area contributed by atoms with Crippen LogP contribution in [-0.4, -0.2) is 57.7 Å². The van der Waals surface area contributed by atoms with E-state index >= 15 is 0 Å². The van der Waals surface area contributed by atoms with Gasteiger partial charge in [-0.15, -0.1) is 0 Å². The highest BCUT2D eigenvalue weighted by Gasteiger charge is 2.45. The number of aliphatic hydroxyl groups excluding tert-OH is 3. The van der Waals surface area contributed by atoms with Gasteiger partial charge >= 0.3 is 0 Å². The Morgan fingerprint density at radius 2 is 1.83 bits per heavy atom. The fourth-order valence-corrected chi connectivity index (χ4v) is 2.30. The summed E-state index contributed by atoms with van der Waals surface area (Å²) in [6, 6.07) is -0.228. The molecule has 0 amide bonds. The van der Waals surface area contributed by atoms with Gasteiger partial charge in [0.2, 0.25) is 0 Å². The molecular weight excluding hydrogens is 158 g/mol. The second-order valence-electron chi connectivity index (χ2n) is 3.75. The normalized spacial score (nSPS) is 49.2. The van der Waals surface area contributed by atoms with Crippen molar-refractivity contribution in [2.45, 2.75) is 37.2 Å². The van der Waals surface area contributed by atoms with E-state index in [9.17, 15) is 15.3 Å². The van der Waals surface area contributed by atoms with Gasteiger partial charge in [0.25, 0.3) is 0 Å². The molecular formula is C8H15NO3. The van der Waals surface area contributed by atoms with Crippen molar-refractivity contribution in [3.05, 3.63) is 0 Å². The van der Waals surface area contributed by atoms with E-state index in [0.29, 0.717) is 6.54 Å². The van der Waals surface area contributed by atoms with Crippen LogP contribution in [0.5, 0.6) is 0 Å². The Balaban J connectivity index is 2.12. The molecule has 0 saturated carbocycles. The van der Waals surface area contributed by atoms with E-state index in [1.807, 2.05) is 4.90 Å². The highest BCUT2D eigenvalue weighted by Crippen LogP contribution is 2.27. The van der Waals surface area contributed by atoms with Crippen LogP contribution in [0.4, 0.5) is 0 Å². The lowest BCUT2D eigenvalue weighted by molar-refractivity contribution is -0.0282. The first-order valence-corrected chi connectivity index (χ1v) is 4.48. The molecule has 0 radical (unpaired) electrons. The van der Waals surface area contributed by atoms with Gasteiger partial charge in [0.15, 0.2) is 0 Å². The number of rotatable bonds is 0. The van der Waals surface area contributed by atoms with Gasteiger partial charge in [0, 0.05) is 6.54 Å². The predicted molar refractivity (Wildman–Crippen MR) is 42.6 cm³/mol. The van der Waals surface area contributed by atoms with E-state index in [2.05, 4.69) is 0 Å². The molecule has 2 rings (SSSR count). The lowest BCUT2D eigenvalue weighted by atomic mass is 9.97. The number of hydrogen-bond donors (Lipinski definition) is 3. The molecule has 4 nitrogen and oxygen atoms in total. The molecule has 70 valence electrons. The smallest absolute Gasteiger partial charge is 0.0991 e. The molecule has 2 fully saturated rings. The standard InChI is InChI=1S/C8H15NO3/c10-5-2-1-3-9-4-6(11)8(12)7(5)9/h5-8,10-12H,1-4H2/t5-,6+,7+,8-/m1/s1. The second kappa shape index (κ2) is 2.96. The Morgan fingerprint density at radius 1 is 1.08 bits per heavy atom. The highest BCUT2D eigenvalue weighted by molar-refractivity contribution is 4.99. The monoisotopic (exact) mass is 173 g/mol. The number of aliphatic hydroxyl groups is 3. The van der Waals surface area contributed by atoms with Crippen LogP contribution in [-0.2, 0) is 0 Å².